The summed E-state index contributed by atoms with van der Waals surface area (Å²) in [7, 11) is 2.19. The van der Waals surface area contributed by atoms with Crippen LogP contribution in [0.2, 0.25) is 0 Å². The van der Waals surface area contributed by atoms with Gasteiger partial charge in [-0.3, -0.25) is 0 Å². The van der Waals surface area contributed by atoms with Crippen LogP contribution in [-0.2, 0) is 6.54 Å². The molecule has 0 aliphatic carbocycles. The van der Waals surface area contributed by atoms with Gasteiger partial charge in [-0.1, -0.05) is 43.2 Å². The SMILES string of the molecule is Cc1cc(C)cc(CN(C)CC(C)C)c1. The van der Waals surface area contributed by atoms with Gasteiger partial charge in [0, 0.05) is 13.1 Å². The van der Waals surface area contributed by atoms with Crippen molar-refractivity contribution in [3.63, 3.8) is 0 Å². The van der Waals surface area contributed by atoms with E-state index < -0.39 is 0 Å². The molecule has 0 aromatic heterocycles. The van der Waals surface area contributed by atoms with Crippen LogP contribution in [0.1, 0.15) is 30.5 Å². The molecule has 84 valence electrons. The second-order valence-electron chi connectivity index (χ2n) is 5.09. The number of nitrogens with zero attached hydrogens (tertiary/aromatic N) is 1. The fraction of sp³-hybridized carbons (Fsp3) is 0.571. The van der Waals surface area contributed by atoms with E-state index >= 15 is 0 Å². The lowest BCUT2D eigenvalue weighted by molar-refractivity contribution is 0.288. The lowest BCUT2D eigenvalue weighted by atomic mass is 10.1. The molecule has 0 saturated carbocycles. The number of rotatable bonds is 4. The van der Waals surface area contributed by atoms with E-state index in [0.717, 1.165) is 19.0 Å². The van der Waals surface area contributed by atoms with Gasteiger partial charge < -0.3 is 4.90 Å². The zero-order valence-corrected chi connectivity index (χ0v) is 10.7. The Hall–Kier alpha value is -0.820. The van der Waals surface area contributed by atoms with E-state index in [1.54, 1.807) is 0 Å². The molecule has 1 aromatic rings. The normalized spacial score (nSPS) is 11.4. The molecule has 1 nitrogen and oxygen atoms in total. The quantitative estimate of drug-likeness (QED) is 0.728. The summed E-state index contributed by atoms with van der Waals surface area (Å²) in [5.74, 6) is 0.737. The van der Waals surface area contributed by atoms with Crippen molar-refractivity contribution >= 4 is 0 Å². The molecule has 0 N–H and O–H groups in total. The Morgan fingerprint density at radius 2 is 1.60 bits per heavy atom. The lowest BCUT2D eigenvalue weighted by Crippen LogP contribution is -2.22. The lowest BCUT2D eigenvalue weighted by Gasteiger charge is -2.19. The van der Waals surface area contributed by atoms with Gasteiger partial charge >= 0.3 is 0 Å². The van der Waals surface area contributed by atoms with Crippen LogP contribution in [0.3, 0.4) is 0 Å². The van der Waals surface area contributed by atoms with Crippen LogP contribution < -0.4 is 0 Å². The maximum atomic E-state index is 2.39. The van der Waals surface area contributed by atoms with Crippen molar-refractivity contribution in [3.8, 4) is 0 Å². The molecular formula is C14H23N. The molecule has 0 heterocycles. The number of hydrogen-bond donors (Lipinski definition) is 0. The average Bonchev–Trinajstić information content (AvgIpc) is 1.98. The van der Waals surface area contributed by atoms with Gasteiger partial charge in [-0.2, -0.15) is 0 Å². The fourth-order valence-electron chi connectivity index (χ4n) is 2.16. The van der Waals surface area contributed by atoms with Crippen LogP contribution in [0.4, 0.5) is 0 Å². The van der Waals surface area contributed by atoms with E-state index in [9.17, 15) is 0 Å². The molecular weight excluding hydrogens is 182 g/mol. The third-order valence-corrected chi connectivity index (χ3v) is 2.41. The first-order chi connectivity index (χ1) is 6.97. The van der Waals surface area contributed by atoms with Crippen LogP contribution in [-0.4, -0.2) is 18.5 Å². The van der Waals surface area contributed by atoms with Crippen molar-refractivity contribution in [1.29, 1.82) is 0 Å². The second kappa shape index (κ2) is 5.32. The molecule has 0 aliphatic heterocycles. The Morgan fingerprint density at radius 3 is 2.07 bits per heavy atom. The van der Waals surface area contributed by atoms with Crippen molar-refractivity contribution < 1.29 is 0 Å². The van der Waals surface area contributed by atoms with Gasteiger partial charge in [0.05, 0.1) is 0 Å². The molecule has 1 heteroatoms. The first kappa shape index (κ1) is 12.3. The van der Waals surface area contributed by atoms with Crippen LogP contribution in [0, 0.1) is 19.8 Å². The molecule has 0 aliphatic rings. The highest BCUT2D eigenvalue weighted by Gasteiger charge is 2.03. The maximum Gasteiger partial charge on any atom is 0.0230 e. The van der Waals surface area contributed by atoms with Gasteiger partial charge in [-0.25, -0.2) is 0 Å². The monoisotopic (exact) mass is 205 g/mol. The standard InChI is InChI=1S/C14H23N/c1-11(2)9-15(5)10-14-7-12(3)6-13(4)8-14/h6-8,11H,9-10H2,1-5H3. The molecule has 0 bridgehead atoms. The van der Waals surface area contributed by atoms with E-state index in [-0.39, 0.29) is 0 Å². The predicted molar refractivity (Wildman–Crippen MR) is 67.1 cm³/mol. The largest absolute Gasteiger partial charge is 0.302 e. The van der Waals surface area contributed by atoms with Crippen LogP contribution in [0.25, 0.3) is 0 Å². The molecule has 15 heavy (non-hydrogen) atoms. The minimum atomic E-state index is 0.737. The van der Waals surface area contributed by atoms with E-state index in [2.05, 4.69) is 57.8 Å². The molecule has 0 radical (unpaired) electrons. The van der Waals surface area contributed by atoms with Gasteiger partial charge in [0.15, 0.2) is 0 Å². The predicted octanol–water partition coefficient (Wildman–Crippen LogP) is 3.39. The van der Waals surface area contributed by atoms with Gasteiger partial charge in [0.25, 0.3) is 0 Å². The summed E-state index contributed by atoms with van der Waals surface area (Å²) in [5, 5.41) is 0. The molecule has 0 atom stereocenters. The highest BCUT2D eigenvalue weighted by Crippen LogP contribution is 2.11. The van der Waals surface area contributed by atoms with Crippen molar-refractivity contribution in [2.45, 2.75) is 34.2 Å². The van der Waals surface area contributed by atoms with Gasteiger partial charge in [0.1, 0.15) is 0 Å². The van der Waals surface area contributed by atoms with E-state index in [4.69, 9.17) is 0 Å². The Labute approximate surface area is 94.1 Å². The Balaban J connectivity index is 2.63. The summed E-state index contributed by atoms with van der Waals surface area (Å²) in [4.78, 5) is 2.39. The third kappa shape index (κ3) is 4.48. The molecule has 0 unspecified atom stereocenters. The molecule has 1 rings (SSSR count). The molecule has 1 aromatic carbocycles. The smallest absolute Gasteiger partial charge is 0.0230 e. The van der Waals surface area contributed by atoms with Crippen LogP contribution in [0.15, 0.2) is 18.2 Å². The maximum absolute atomic E-state index is 2.39. The zero-order valence-electron chi connectivity index (χ0n) is 10.7. The molecule has 0 fully saturated rings. The van der Waals surface area contributed by atoms with E-state index in [1.807, 2.05) is 0 Å². The first-order valence-electron chi connectivity index (χ1n) is 5.73. The number of hydrogen-bond acceptors (Lipinski definition) is 1. The molecule has 0 amide bonds. The topological polar surface area (TPSA) is 3.24 Å². The van der Waals surface area contributed by atoms with Crippen molar-refractivity contribution in [1.82, 2.24) is 4.90 Å². The van der Waals surface area contributed by atoms with E-state index in [1.165, 1.54) is 16.7 Å². The third-order valence-electron chi connectivity index (χ3n) is 2.41. The van der Waals surface area contributed by atoms with Crippen molar-refractivity contribution in [2.75, 3.05) is 13.6 Å². The molecule has 0 spiro atoms. The summed E-state index contributed by atoms with van der Waals surface area (Å²) in [5.41, 5.74) is 4.15. The number of benzene rings is 1. The summed E-state index contributed by atoms with van der Waals surface area (Å²) < 4.78 is 0. The Kier molecular flexibility index (Phi) is 4.34. The summed E-state index contributed by atoms with van der Waals surface area (Å²) >= 11 is 0. The van der Waals surface area contributed by atoms with Crippen LogP contribution >= 0.6 is 0 Å². The zero-order chi connectivity index (χ0) is 11.4. The van der Waals surface area contributed by atoms with E-state index in [0.29, 0.717) is 0 Å². The Bertz CT molecular complexity index is 295. The highest BCUT2D eigenvalue weighted by molar-refractivity contribution is 5.28. The summed E-state index contributed by atoms with van der Waals surface area (Å²) in [6, 6.07) is 6.79. The summed E-state index contributed by atoms with van der Waals surface area (Å²) in [6.45, 7) is 11.1. The fourth-order valence-corrected chi connectivity index (χ4v) is 2.16. The minimum absolute atomic E-state index is 0.737. The highest BCUT2D eigenvalue weighted by atomic mass is 15.1. The van der Waals surface area contributed by atoms with Gasteiger partial charge in [0.2, 0.25) is 0 Å². The average molecular weight is 205 g/mol. The first-order valence-corrected chi connectivity index (χ1v) is 5.73. The molecule has 0 saturated heterocycles. The Morgan fingerprint density at radius 1 is 1.07 bits per heavy atom. The van der Waals surface area contributed by atoms with Crippen molar-refractivity contribution in [2.24, 2.45) is 5.92 Å². The van der Waals surface area contributed by atoms with Gasteiger partial charge in [-0.15, -0.1) is 0 Å². The second-order valence-corrected chi connectivity index (χ2v) is 5.09. The summed E-state index contributed by atoms with van der Waals surface area (Å²) in [6.07, 6.45) is 0. The van der Waals surface area contributed by atoms with Crippen LogP contribution in [0.5, 0.6) is 0 Å². The number of aryl methyl sites for hydroxylation is 2. The minimum Gasteiger partial charge on any atom is -0.302 e. The van der Waals surface area contributed by atoms with Crippen molar-refractivity contribution in [3.05, 3.63) is 34.9 Å². The van der Waals surface area contributed by atoms with Gasteiger partial charge in [-0.05, 0) is 32.4 Å².